The van der Waals surface area contributed by atoms with Gasteiger partial charge in [-0.15, -0.1) is 11.3 Å². The summed E-state index contributed by atoms with van der Waals surface area (Å²) in [7, 11) is 0. The molecule has 1 aromatic carbocycles. The van der Waals surface area contributed by atoms with Gasteiger partial charge in [-0.05, 0) is 36.4 Å². The van der Waals surface area contributed by atoms with Crippen LogP contribution in [0.2, 0.25) is 5.02 Å². The van der Waals surface area contributed by atoms with Crippen molar-refractivity contribution < 1.29 is 14.6 Å². The number of carbonyl (C=O) groups is 1. The number of benzene rings is 1. The summed E-state index contributed by atoms with van der Waals surface area (Å²) < 4.78 is 5.51. The lowest BCUT2D eigenvalue weighted by atomic mass is 10.3. The maximum Gasteiger partial charge on any atom is 0.261 e. The number of amides is 1. The van der Waals surface area contributed by atoms with Crippen molar-refractivity contribution in [2.75, 3.05) is 13.2 Å². The largest absolute Gasteiger partial charge is 0.506 e. The van der Waals surface area contributed by atoms with Gasteiger partial charge in [0.05, 0.1) is 16.5 Å². The zero-order chi connectivity index (χ0) is 15.1. The van der Waals surface area contributed by atoms with E-state index in [2.05, 4.69) is 5.32 Å². The van der Waals surface area contributed by atoms with E-state index in [0.29, 0.717) is 18.9 Å². The van der Waals surface area contributed by atoms with Crippen LogP contribution in [0.25, 0.3) is 0 Å². The third kappa shape index (κ3) is 4.95. The molecule has 0 spiro atoms. The van der Waals surface area contributed by atoms with Gasteiger partial charge in [0, 0.05) is 12.6 Å². The average Bonchev–Trinajstić information content (AvgIpc) is 3.00. The number of halogens is 1. The van der Waals surface area contributed by atoms with Crippen molar-refractivity contribution in [2.24, 2.45) is 0 Å². The van der Waals surface area contributed by atoms with Gasteiger partial charge in [-0.1, -0.05) is 17.7 Å². The molecule has 0 radical (unpaired) electrons. The molecule has 0 fully saturated rings. The molecule has 0 atom stereocenters. The molecule has 0 bridgehead atoms. The summed E-state index contributed by atoms with van der Waals surface area (Å²) in [6.07, 6.45) is 1.66. The van der Waals surface area contributed by atoms with Crippen LogP contribution >= 0.6 is 22.9 Å². The number of aromatic hydroxyl groups is 1. The van der Waals surface area contributed by atoms with E-state index in [1.54, 1.807) is 18.2 Å². The summed E-state index contributed by atoms with van der Waals surface area (Å²) in [5.74, 6) is 0.636. The Morgan fingerprint density at radius 3 is 2.90 bits per heavy atom. The van der Waals surface area contributed by atoms with Gasteiger partial charge in [-0.25, -0.2) is 0 Å². The van der Waals surface area contributed by atoms with Gasteiger partial charge in [-0.2, -0.15) is 0 Å². The van der Waals surface area contributed by atoms with Gasteiger partial charge >= 0.3 is 0 Å². The van der Waals surface area contributed by atoms with Crippen molar-refractivity contribution in [3.8, 4) is 11.5 Å². The third-order valence-electron chi connectivity index (χ3n) is 2.79. The van der Waals surface area contributed by atoms with E-state index < -0.39 is 0 Å². The molecule has 2 aromatic rings. The first-order valence-electron chi connectivity index (χ1n) is 6.60. The molecule has 6 heteroatoms. The van der Waals surface area contributed by atoms with Crippen molar-refractivity contribution in [1.82, 2.24) is 5.32 Å². The molecular formula is C15H16ClNO3S. The van der Waals surface area contributed by atoms with Gasteiger partial charge in [-0.3, -0.25) is 4.79 Å². The molecule has 2 rings (SSSR count). The molecule has 0 unspecified atom stereocenters. The topological polar surface area (TPSA) is 58.6 Å². The summed E-state index contributed by atoms with van der Waals surface area (Å²) in [5, 5.41) is 14.3. The van der Waals surface area contributed by atoms with Gasteiger partial charge < -0.3 is 15.2 Å². The van der Waals surface area contributed by atoms with Crippen LogP contribution in [0.5, 0.6) is 11.5 Å². The van der Waals surface area contributed by atoms with Crippen LogP contribution in [0.4, 0.5) is 0 Å². The number of phenolic OH excluding ortho intramolecular Hbond substituents is 1. The number of carbonyl (C=O) groups excluding carboxylic acids is 1. The first kappa shape index (κ1) is 15.7. The quantitative estimate of drug-likeness (QED) is 0.763. The molecule has 1 amide bonds. The number of nitrogens with one attached hydrogen (secondary N) is 1. The van der Waals surface area contributed by atoms with Gasteiger partial charge in [0.2, 0.25) is 0 Å². The Bertz CT molecular complexity index is 587. The van der Waals surface area contributed by atoms with Crippen molar-refractivity contribution in [3.63, 3.8) is 0 Å². The lowest BCUT2D eigenvalue weighted by Crippen LogP contribution is -2.23. The van der Waals surface area contributed by atoms with Crippen molar-refractivity contribution in [1.29, 1.82) is 0 Å². The number of phenols is 1. The molecule has 1 aromatic heterocycles. The highest BCUT2D eigenvalue weighted by Crippen LogP contribution is 2.27. The Labute approximate surface area is 132 Å². The lowest BCUT2D eigenvalue weighted by molar-refractivity contribution is 0.0956. The predicted molar refractivity (Wildman–Crippen MR) is 84.5 cm³/mol. The Morgan fingerprint density at radius 1 is 1.33 bits per heavy atom. The maximum atomic E-state index is 11.7. The van der Waals surface area contributed by atoms with Crippen LogP contribution in [0, 0.1) is 0 Å². The highest BCUT2D eigenvalue weighted by Gasteiger charge is 2.04. The second kappa shape index (κ2) is 7.90. The number of hydrogen-bond acceptors (Lipinski definition) is 4. The smallest absolute Gasteiger partial charge is 0.261 e. The summed E-state index contributed by atoms with van der Waals surface area (Å²) in [6.45, 7) is 1.16. The molecule has 0 aliphatic carbocycles. The van der Waals surface area contributed by atoms with Gasteiger partial charge in [0.1, 0.15) is 11.5 Å². The normalized spacial score (nSPS) is 10.3. The Kier molecular flexibility index (Phi) is 5.90. The van der Waals surface area contributed by atoms with Gasteiger partial charge in [0.25, 0.3) is 5.91 Å². The number of thiophene rings is 1. The summed E-state index contributed by atoms with van der Waals surface area (Å²) in [5.41, 5.74) is 0. The highest BCUT2D eigenvalue weighted by molar-refractivity contribution is 7.12. The third-order valence-corrected chi connectivity index (χ3v) is 3.96. The van der Waals surface area contributed by atoms with Crippen LogP contribution in [-0.4, -0.2) is 24.2 Å². The Balaban J connectivity index is 1.60. The zero-order valence-electron chi connectivity index (χ0n) is 11.3. The standard InChI is InChI=1S/C15H16ClNO3S/c16-12-10-11(5-6-13(12)18)20-8-2-1-7-17-15(19)14-4-3-9-21-14/h3-6,9-10,18H,1-2,7-8H2,(H,17,19). The molecule has 4 nitrogen and oxygen atoms in total. The Morgan fingerprint density at radius 2 is 2.19 bits per heavy atom. The Hall–Kier alpha value is -1.72. The minimum absolute atomic E-state index is 0.0313. The average molecular weight is 326 g/mol. The molecule has 21 heavy (non-hydrogen) atoms. The number of hydrogen-bond donors (Lipinski definition) is 2. The summed E-state index contributed by atoms with van der Waals surface area (Å²) in [6, 6.07) is 8.40. The summed E-state index contributed by atoms with van der Waals surface area (Å²) >= 11 is 7.21. The number of rotatable bonds is 7. The van der Waals surface area contributed by atoms with Crippen LogP contribution in [0.15, 0.2) is 35.7 Å². The minimum atomic E-state index is -0.0313. The van der Waals surface area contributed by atoms with Crippen molar-refractivity contribution in [2.45, 2.75) is 12.8 Å². The van der Waals surface area contributed by atoms with E-state index >= 15 is 0 Å². The fourth-order valence-corrected chi connectivity index (χ4v) is 2.50. The van der Waals surface area contributed by atoms with Crippen molar-refractivity contribution >= 4 is 28.8 Å². The number of unbranched alkanes of at least 4 members (excludes halogenated alkanes) is 1. The first-order chi connectivity index (χ1) is 10.2. The second-order valence-electron chi connectivity index (χ2n) is 4.40. The zero-order valence-corrected chi connectivity index (χ0v) is 12.9. The van der Waals surface area contributed by atoms with Crippen LogP contribution in [-0.2, 0) is 0 Å². The molecule has 0 saturated carbocycles. The van der Waals surface area contributed by atoms with Crippen molar-refractivity contribution in [3.05, 3.63) is 45.6 Å². The molecule has 0 saturated heterocycles. The molecule has 2 N–H and O–H groups in total. The minimum Gasteiger partial charge on any atom is -0.506 e. The number of ether oxygens (including phenoxy) is 1. The van der Waals surface area contributed by atoms with E-state index in [-0.39, 0.29) is 16.7 Å². The van der Waals surface area contributed by atoms with Crippen LogP contribution < -0.4 is 10.1 Å². The lowest BCUT2D eigenvalue weighted by Gasteiger charge is -2.07. The maximum absolute atomic E-state index is 11.7. The monoisotopic (exact) mass is 325 g/mol. The second-order valence-corrected chi connectivity index (χ2v) is 5.76. The summed E-state index contributed by atoms with van der Waals surface area (Å²) in [4.78, 5) is 12.4. The highest BCUT2D eigenvalue weighted by atomic mass is 35.5. The molecule has 1 heterocycles. The van der Waals surface area contributed by atoms with Crippen LogP contribution in [0.3, 0.4) is 0 Å². The van der Waals surface area contributed by atoms with Crippen LogP contribution in [0.1, 0.15) is 22.5 Å². The molecule has 0 aliphatic rings. The molecule has 0 aliphatic heterocycles. The fourth-order valence-electron chi connectivity index (χ4n) is 1.69. The molecule has 112 valence electrons. The van der Waals surface area contributed by atoms with E-state index in [4.69, 9.17) is 16.3 Å². The predicted octanol–water partition coefficient (Wildman–Crippen LogP) is 3.70. The van der Waals surface area contributed by atoms with Gasteiger partial charge in [0.15, 0.2) is 0 Å². The van der Waals surface area contributed by atoms with E-state index in [1.807, 2.05) is 11.4 Å². The molecular weight excluding hydrogens is 310 g/mol. The van der Waals surface area contributed by atoms with E-state index in [9.17, 15) is 9.90 Å². The first-order valence-corrected chi connectivity index (χ1v) is 7.85. The van der Waals surface area contributed by atoms with E-state index in [1.165, 1.54) is 17.4 Å². The van der Waals surface area contributed by atoms with E-state index in [0.717, 1.165) is 17.7 Å². The fraction of sp³-hybridized carbons (Fsp3) is 0.267. The SMILES string of the molecule is O=C(NCCCCOc1ccc(O)c(Cl)c1)c1cccs1.